The minimum atomic E-state index is -4.15. The van der Waals surface area contributed by atoms with Gasteiger partial charge >= 0.3 is 5.97 Å². The molecule has 1 heterocycles. The molecule has 162 valence electrons. The Hall–Kier alpha value is -3.25. The second-order valence-corrected chi connectivity index (χ2v) is 6.08. The van der Waals surface area contributed by atoms with Crippen molar-refractivity contribution in [1.82, 2.24) is 9.97 Å². The van der Waals surface area contributed by atoms with Gasteiger partial charge < -0.3 is 14.7 Å². The van der Waals surface area contributed by atoms with E-state index >= 15 is 0 Å². The molecule has 6 nitrogen and oxygen atoms in total. The molecule has 0 radical (unpaired) electrons. The van der Waals surface area contributed by atoms with Crippen LogP contribution >= 0.6 is 0 Å². The molecule has 0 bridgehead atoms. The number of anilines is 1. The molecule has 1 aromatic heterocycles. The number of aliphatic carboxylic acids is 1. The van der Waals surface area contributed by atoms with Gasteiger partial charge in [-0.1, -0.05) is 60.7 Å². The number of benzene rings is 2. The summed E-state index contributed by atoms with van der Waals surface area (Å²) in [4.78, 5) is 19.6. The van der Waals surface area contributed by atoms with Gasteiger partial charge in [0, 0.05) is 46.7 Å². The molecular weight excluding hydrogens is 390 g/mol. The molecule has 0 unspecified atom stereocenters. The number of rotatable bonds is 11. The lowest BCUT2D eigenvalue weighted by molar-refractivity contribution is -0.142. The van der Waals surface area contributed by atoms with Crippen LogP contribution < -0.4 is 4.90 Å². The predicted octanol–water partition coefficient (Wildman–Crippen LogP) is 4.91. The van der Waals surface area contributed by atoms with Crippen LogP contribution in [0.3, 0.4) is 0 Å². The van der Waals surface area contributed by atoms with Crippen molar-refractivity contribution in [1.29, 1.82) is 0 Å². The number of aromatic nitrogens is 2. The lowest BCUT2D eigenvalue weighted by Gasteiger charge is -2.28. The molecule has 0 aliphatic rings. The van der Waals surface area contributed by atoms with Crippen LogP contribution in [-0.4, -0.2) is 46.7 Å². The highest BCUT2D eigenvalue weighted by molar-refractivity contribution is 5.78. The van der Waals surface area contributed by atoms with Crippen LogP contribution in [0, 0.1) is 0 Å². The standard InChI is InChI=1S/C25H29N3O3/c1-19(2)28(15-9-10-16-31-18-23(29)30)22-17-26-24(20-11-5-3-6-12-20)25(27-22)21-13-7-4-8-14-21/h3-8,11-14,17,19H,9-10,15-16,18H2,1-2H3,(H,29,30)/i1D3,2D3,9D2,10D2,15D2,16D2. The topological polar surface area (TPSA) is 75.5 Å². The van der Waals surface area contributed by atoms with Crippen LogP contribution in [0.2, 0.25) is 0 Å². The first-order valence-corrected chi connectivity index (χ1v) is 9.10. The summed E-state index contributed by atoms with van der Waals surface area (Å²) in [6.45, 7) is -16.4. The second kappa shape index (κ2) is 11.2. The van der Waals surface area contributed by atoms with Crippen molar-refractivity contribution in [2.75, 3.05) is 24.6 Å². The number of hydrogen-bond acceptors (Lipinski definition) is 5. The van der Waals surface area contributed by atoms with Crippen LogP contribution in [0.4, 0.5) is 5.82 Å². The van der Waals surface area contributed by atoms with E-state index in [0.29, 0.717) is 11.1 Å². The molecule has 0 saturated heterocycles. The van der Waals surface area contributed by atoms with Crippen LogP contribution in [0.25, 0.3) is 22.5 Å². The lowest BCUT2D eigenvalue weighted by atomic mass is 10.0. The molecule has 0 atom stereocenters. The number of carboxylic acids is 1. The summed E-state index contributed by atoms with van der Waals surface area (Å²) in [5.41, 5.74) is 1.12. The average Bonchev–Trinajstić information content (AvgIpc) is 2.93. The van der Waals surface area contributed by atoms with E-state index in [9.17, 15) is 4.79 Å². The van der Waals surface area contributed by atoms with Crippen molar-refractivity contribution in [3.05, 3.63) is 66.9 Å². The fourth-order valence-electron chi connectivity index (χ4n) is 2.60. The summed E-state index contributed by atoms with van der Waals surface area (Å²) in [6, 6.07) is 13.7. The average molecular weight is 434 g/mol. The molecule has 1 N–H and O–H groups in total. The SMILES string of the molecule is [2H]C([2H])([2H])C(N(c1cnc(-c2ccccc2)c(-c2ccccc2)n1)C([2H])([2H])C([2H])([2H])C([2H])([2H])C([2H])([2H])OCC(=O)O)C([2H])([2H])[2H]. The first-order valence-electron chi connectivity index (χ1n) is 16.1. The lowest BCUT2D eigenvalue weighted by Crippen LogP contribution is -2.33. The molecule has 2 aromatic carbocycles. The monoisotopic (exact) mass is 433 g/mol. The Kier molecular flexibility index (Phi) is 3.76. The summed E-state index contributed by atoms with van der Waals surface area (Å²) in [5.74, 6) is -2.56. The maximum absolute atomic E-state index is 11.0. The normalized spacial score (nSPS) is 20.3. The highest BCUT2D eigenvalue weighted by Gasteiger charge is 2.17. The van der Waals surface area contributed by atoms with E-state index in [1.54, 1.807) is 60.7 Å². The maximum atomic E-state index is 11.0. The molecule has 31 heavy (non-hydrogen) atoms. The molecule has 3 aromatic rings. The van der Waals surface area contributed by atoms with Crippen molar-refractivity contribution < 1.29 is 33.8 Å². The Balaban J connectivity index is 2.39. The Bertz CT molecular complexity index is 1470. The van der Waals surface area contributed by atoms with E-state index in [1.807, 2.05) is 0 Å². The molecular formula is C25H29N3O3. The Morgan fingerprint density at radius 2 is 1.71 bits per heavy atom. The van der Waals surface area contributed by atoms with E-state index in [0.717, 1.165) is 6.20 Å². The third-order valence-corrected chi connectivity index (χ3v) is 3.92. The zero-order valence-corrected chi connectivity index (χ0v) is 16.2. The predicted molar refractivity (Wildman–Crippen MR) is 123 cm³/mol. The van der Waals surface area contributed by atoms with Gasteiger partial charge in [-0.2, -0.15) is 0 Å². The quantitative estimate of drug-likeness (QED) is 0.463. The summed E-state index contributed by atoms with van der Waals surface area (Å²) in [6.07, 6.45) is -7.40. The van der Waals surface area contributed by atoms with Gasteiger partial charge in [-0.05, 0) is 26.4 Å². The van der Waals surface area contributed by atoms with E-state index in [1.165, 1.54) is 0 Å². The molecule has 6 heteroatoms. The Morgan fingerprint density at radius 1 is 1.06 bits per heavy atom. The Morgan fingerprint density at radius 3 is 2.32 bits per heavy atom. The molecule has 0 spiro atoms. The van der Waals surface area contributed by atoms with E-state index < -0.39 is 63.9 Å². The minimum Gasteiger partial charge on any atom is -0.480 e. The number of carboxylic acid groups (broad SMARTS) is 1. The molecule has 0 aliphatic heterocycles. The largest absolute Gasteiger partial charge is 0.480 e. The summed E-state index contributed by atoms with van der Waals surface area (Å²) >= 11 is 0. The fourth-order valence-corrected chi connectivity index (χ4v) is 2.60. The van der Waals surface area contributed by atoms with Crippen LogP contribution in [0.5, 0.6) is 0 Å². The number of ether oxygens (including phenoxy) is 1. The molecule has 0 saturated carbocycles. The van der Waals surface area contributed by atoms with Gasteiger partial charge in [0.1, 0.15) is 12.4 Å². The third kappa shape index (κ3) is 6.36. The molecule has 0 aliphatic carbocycles. The highest BCUT2D eigenvalue weighted by atomic mass is 16.5. The summed E-state index contributed by atoms with van der Waals surface area (Å²) in [7, 11) is 0. The highest BCUT2D eigenvalue weighted by Crippen LogP contribution is 2.30. The van der Waals surface area contributed by atoms with Gasteiger partial charge in [-0.25, -0.2) is 9.78 Å². The van der Waals surface area contributed by atoms with Crippen molar-refractivity contribution in [2.24, 2.45) is 0 Å². The van der Waals surface area contributed by atoms with Gasteiger partial charge in [0.25, 0.3) is 0 Å². The zero-order valence-electron chi connectivity index (χ0n) is 30.2. The summed E-state index contributed by atoms with van der Waals surface area (Å²) < 4.78 is 120. The van der Waals surface area contributed by atoms with Crippen LogP contribution in [-0.2, 0) is 9.53 Å². The first-order chi connectivity index (χ1) is 20.5. The van der Waals surface area contributed by atoms with Gasteiger partial charge in [0.05, 0.1) is 20.3 Å². The molecule has 0 amide bonds. The van der Waals surface area contributed by atoms with Crippen LogP contribution in [0.15, 0.2) is 66.9 Å². The number of nitrogens with zero attached hydrogens (tertiary/aromatic N) is 3. The Labute approximate surface area is 203 Å². The second-order valence-electron chi connectivity index (χ2n) is 6.08. The van der Waals surface area contributed by atoms with E-state index in [2.05, 4.69) is 14.7 Å². The van der Waals surface area contributed by atoms with E-state index in [-0.39, 0.29) is 16.3 Å². The molecule has 3 rings (SSSR count). The number of carbonyl (C=O) groups is 1. The van der Waals surface area contributed by atoms with Gasteiger partial charge in [0.15, 0.2) is 0 Å². The number of hydrogen-bond donors (Lipinski definition) is 1. The van der Waals surface area contributed by atoms with Gasteiger partial charge in [-0.3, -0.25) is 4.98 Å². The zero-order chi connectivity index (χ0) is 34.2. The summed E-state index contributed by atoms with van der Waals surface area (Å²) in [5, 5.41) is 8.89. The third-order valence-electron chi connectivity index (χ3n) is 3.92. The van der Waals surface area contributed by atoms with Crippen LogP contribution in [0.1, 0.15) is 45.6 Å². The van der Waals surface area contributed by atoms with Gasteiger partial charge in [0.2, 0.25) is 0 Å². The van der Waals surface area contributed by atoms with Crippen molar-refractivity contribution in [3.8, 4) is 22.5 Å². The fraction of sp³-hybridized carbons (Fsp3) is 0.320. The first kappa shape index (κ1) is 10.4. The minimum absolute atomic E-state index is 0.0126. The van der Waals surface area contributed by atoms with Crippen molar-refractivity contribution in [2.45, 2.75) is 32.5 Å². The molecule has 0 fully saturated rings. The maximum Gasteiger partial charge on any atom is 0.329 e. The van der Waals surface area contributed by atoms with Crippen molar-refractivity contribution >= 4 is 11.8 Å². The van der Waals surface area contributed by atoms with Gasteiger partial charge in [-0.15, -0.1) is 0 Å². The van der Waals surface area contributed by atoms with E-state index in [4.69, 9.17) is 24.3 Å². The van der Waals surface area contributed by atoms with Crippen molar-refractivity contribution in [3.63, 3.8) is 0 Å². The smallest absolute Gasteiger partial charge is 0.329 e.